The molecule has 1 rings (SSSR count). The first-order chi connectivity index (χ1) is 9.02. The fourth-order valence-corrected chi connectivity index (χ4v) is 2.23. The van der Waals surface area contributed by atoms with Crippen LogP contribution in [-0.4, -0.2) is 23.8 Å². The van der Waals surface area contributed by atoms with Gasteiger partial charge in [0.2, 0.25) is 0 Å². The molecule has 0 spiro atoms. The first kappa shape index (κ1) is 16.0. The molecular formula is C14H21BrN2O2. The third-order valence-electron chi connectivity index (χ3n) is 2.71. The molecule has 0 saturated heterocycles. The highest BCUT2D eigenvalue weighted by molar-refractivity contribution is 9.10. The third kappa shape index (κ3) is 6.07. The molecule has 1 unspecified atom stereocenters. The summed E-state index contributed by atoms with van der Waals surface area (Å²) in [7, 11) is 0. The van der Waals surface area contributed by atoms with Gasteiger partial charge in [-0.2, -0.15) is 0 Å². The smallest absolute Gasteiger partial charge is 0.315 e. The van der Waals surface area contributed by atoms with E-state index in [1.807, 2.05) is 24.3 Å². The van der Waals surface area contributed by atoms with E-state index in [2.05, 4.69) is 40.4 Å². The van der Waals surface area contributed by atoms with Gasteiger partial charge in [-0.05, 0) is 24.0 Å². The molecule has 3 N–H and O–H groups in total. The summed E-state index contributed by atoms with van der Waals surface area (Å²) >= 11 is 3.43. The Kier molecular flexibility index (Phi) is 6.87. The monoisotopic (exact) mass is 328 g/mol. The van der Waals surface area contributed by atoms with Crippen molar-refractivity contribution >= 4 is 22.0 Å². The quantitative estimate of drug-likeness (QED) is 0.751. The lowest BCUT2D eigenvalue weighted by Crippen LogP contribution is -2.44. The van der Waals surface area contributed by atoms with Gasteiger partial charge in [-0.1, -0.05) is 48.0 Å². The molecule has 0 bridgehead atoms. The topological polar surface area (TPSA) is 61.4 Å². The van der Waals surface area contributed by atoms with E-state index >= 15 is 0 Å². The number of aliphatic hydroxyl groups is 1. The molecule has 19 heavy (non-hydrogen) atoms. The average Bonchev–Trinajstić information content (AvgIpc) is 2.36. The maximum absolute atomic E-state index is 11.7. The van der Waals surface area contributed by atoms with Crippen molar-refractivity contribution in [3.05, 3.63) is 34.3 Å². The van der Waals surface area contributed by atoms with Crippen LogP contribution in [0.3, 0.4) is 0 Å². The Bertz CT molecular complexity index is 410. The number of aliphatic hydroxyl groups excluding tert-OH is 1. The molecular weight excluding hydrogens is 308 g/mol. The zero-order chi connectivity index (χ0) is 14.3. The van der Waals surface area contributed by atoms with Gasteiger partial charge >= 0.3 is 6.03 Å². The van der Waals surface area contributed by atoms with Gasteiger partial charge in [0.1, 0.15) is 0 Å². The normalized spacial score (nSPS) is 12.3. The lowest BCUT2D eigenvalue weighted by atomic mass is 10.0. The second-order valence-corrected chi connectivity index (χ2v) is 5.78. The summed E-state index contributed by atoms with van der Waals surface area (Å²) in [5.41, 5.74) is 1.02. The fourth-order valence-electron chi connectivity index (χ4n) is 1.80. The maximum atomic E-state index is 11.7. The number of halogens is 1. The third-order valence-corrected chi connectivity index (χ3v) is 3.48. The minimum atomic E-state index is -0.254. The molecule has 2 amide bonds. The van der Waals surface area contributed by atoms with Crippen LogP contribution in [0.5, 0.6) is 0 Å². The van der Waals surface area contributed by atoms with E-state index in [1.54, 1.807) is 0 Å². The minimum absolute atomic E-state index is 0.0410. The van der Waals surface area contributed by atoms with Crippen LogP contribution in [-0.2, 0) is 6.54 Å². The van der Waals surface area contributed by atoms with Crippen LogP contribution in [0.25, 0.3) is 0 Å². The molecule has 4 nitrogen and oxygen atoms in total. The summed E-state index contributed by atoms with van der Waals surface area (Å²) in [6.07, 6.45) is 0.763. The summed E-state index contributed by atoms with van der Waals surface area (Å²) in [5.74, 6) is 0.431. The Morgan fingerprint density at radius 2 is 2.05 bits per heavy atom. The van der Waals surface area contributed by atoms with Crippen LogP contribution in [0.4, 0.5) is 4.79 Å². The number of carbonyl (C=O) groups is 1. The summed E-state index contributed by atoms with van der Waals surface area (Å²) in [4.78, 5) is 11.7. The van der Waals surface area contributed by atoms with Crippen LogP contribution in [0, 0.1) is 5.92 Å². The summed E-state index contributed by atoms with van der Waals surface area (Å²) in [6.45, 7) is 4.53. The van der Waals surface area contributed by atoms with Gasteiger partial charge in [0, 0.05) is 11.0 Å². The van der Waals surface area contributed by atoms with Crippen molar-refractivity contribution in [2.75, 3.05) is 6.61 Å². The van der Waals surface area contributed by atoms with Crippen LogP contribution >= 0.6 is 15.9 Å². The molecule has 106 valence electrons. The van der Waals surface area contributed by atoms with Crippen LogP contribution in [0.1, 0.15) is 25.8 Å². The molecule has 0 aliphatic heterocycles. The number of amides is 2. The Labute approximate surface area is 122 Å². The molecule has 0 aliphatic rings. The first-order valence-corrected chi connectivity index (χ1v) is 7.20. The summed E-state index contributed by atoms with van der Waals surface area (Å²) in [6, 6.07) is 7.29. The minimum Gasteiger partial charge on any atom is -0.394 e. The van der Waals surface area contributed by atoms with E-state index in [4.69, 9.17) is 0 Å². The molecule has 5 heteroatoms. The highest BCUT2D eigenvalue weighted by Crippen LogP contribution is 2.15. The number of carbonyl (C=O) groups excluding carboxylic acids is 1. The van der Waals surface area contributed by atoms with Crippen molar-refractivity contribution in [2.45, 2.75) is 32.9 Å². The highest BCUT2D eigenvalue weighted by Gasteiger charge is 2.12. The number of nitrogens with one attached hydrogen (secondary N) is 2. The summed E-state index contributed by atoms with van der Waals surface area (Å²) < 4.78 is 0.969. The van der Waals surface area contributed by atoms with Gasteiger partial charge < -0.3 is 15.7 Å². The average molecular weight is 329 g/mol. The molecule has 0 aromatic heterocycles. The number of hydrogen-bond acceptors (Lipinski definition) is 2. The van der Waals surface area contributed by atoms with Gasteiger partial charge in [-0.15, -0.1) is 0 Å². The standard InChI is InChI=1S/C14H21BrN2O2/c1-10(2)7-12(9-18)17-14(19)16-8-11-5-3-4-6-13(11)15/h3-6,10,12,18H,7-9H2,1-2H3,(H2,16,17,19). The first-order valence-electron chi connectivity index (χ1n) is 6.41. The van der Waals surface area contributed by atoms with Crippen molar-refractivity contribution in [2.24, 2.45) is 5.92 Å². The molecule has 0 heterocycles. The zero-order valence-electron chi connectivity index (χ0n) is 11.3. The van der Waals surface area contributed by atoms with E-state index in [0.29, 0.717) is 12.5 Å². The van der Waals surface area contributed by atoms with Gasteiger partial charge in [0.15, 0.2) is 0 Å². The van der Waals surface area contributed by atoms with Gasteiger partial charge in [-0.25, -0.2) is 4.79 Å². The van der Waals surface area contributed by atoms with Crippen molar-refractivity contribution in [1.29, 1.82) is 0 Å². The number of benzene rings is 1. The number of urea groups is 1. The van der Waals surface area contributed by atoms with Crippen LogP contribution < -0.4 is 10.6 Å². The second-order valence-electron chi connectivity index (χ2n) is 4.93. The zero-order valence-corrected chi connectivity index (χ0v) is 12.9. The largest absolute Gasteiger partial charge is 0.394 e. The van der Waals surface area contributed by atoms with Crippen molar-refractivity contribution < 1.29 is 9.90 Å². The van der Waals surface area contributed by atoms with Crippen molar-refractivity contribution in [3.8, 4) is 0 Å². The Morgan fingerprint density at radius 3 is 2.63 bits per heavy atom. The van der Waals surface area contributed by atoms with Crippen LogP contribution in [0.15, 0.2) is 28.7 Å². The predicted octanol–water partition coefficient (Wildman–Crippen LogP) is 2.66. The lowest BCUT2D eigenvalue weighted by molar-refractivity contribution is 0.206. The highest BCUT2D eigenvalue weighted by atomic mass is 79.9. The molecule has 1 atom stereocenters. The van der Waals surface area contributed by atoms with E-state index in [9.17, 15) is 9.90 Å². The maximum Gasteiger partial charge on any atom is 0.315 e. The van der Waals surface area contributed by atoms with E-state index < -0.39 is 0 Å². The fraction of sp³-hybridized carbons (Fsp3) is 0.500. The van der Waals surface area contributed by atoms with Crippen molar-refractivity contribution in [1.82, 2.24) is 10.6 Å². The second kappa shape index (κ2) is 8.17. The van der Waals surface area contributed by atoms with E-state index in [-0.39, 0.29) is 18.7 Å². The molecule has 0 fully saturated rings. The lowest BCUT2D eigenvalue weighted by Gasteiger charge is -2.18. The molecule has 0 aliphatic carbocycles. The van der Waals surface area contributed by atoms with Crippen LogP contribution in [0.2, 0.25) is 0 Å². The summed E-state index contributed by atoms with van der Waals surface area (Å²) in [5, 5.41) is 14.8. The SMILES string of the molecule is CC(C)CC(CO)NC(=O)NCc1ccccc1Br. The predicted molar refractivity (Wildman–Crippen MR) is 79.8 cm³/mol. The molecule has 0 radical (unpaired) electrons. The Hall–Kier alpha value is -1.07. The molecule has 1 aromatic rings. The van der Waals surface area contributed by atoms with E-state index in [1.165, 1.54) is 0 Å². The molecule has 0 saturated carbocycles. The Morgan fingerprint density at radius 1 is 1.37 bits per heavy atom. The van der Waals surface area contributed by atoms with Gasteiger partial charge in [0.05, 0.1) is 12.6 Å². The van der Waals surface area contributed by atoms with Crippen molar-refractivity contribution in [3.63, 3.8) is 0 Å². The van der Waals surface area contributed by atoms with Gasteiger partial charge in [0.25, 0.3) is 0 Å². The number of rotatable bonds is 6. The Balaban J connectivity index is 2.41. The molecule has 1 aromatic carbocycles. The van der Waals surface area contributed by atoms with Gasteiger partial charge in [-0.3, -0.25) is 0 Å². The van der Waals surface area contributed by atoms with E-state index in [0.717, 1.165) is 16.5 Å². The number of hydrogen-bond donors (Lipinski definition) is 3.